The van der Waals surface area contributed by atoms with E-state index in [0.717, 1.165) is 47.4 Å². The Labute approximate surface area is 209 Å². The maximum absolute atomic E-state index is 12.7. The first-order valence-electron chi connectivity index (χ1n) is 10.1. The third kappa shape index (κ3) is 5.98. The third-order valence-corrected chi connectivity index (χ3v) is 6.65. The van der Waals surface area contributed by atoms with Crippen LogP contribution in [0.3, 0.4) is 0 Å². The number of alkyl halides is 3. The minimum absolute atomic E-state index is 0.00671. The Bertz CT molecular complexity index is 1460. The van der Waals surface area contributed by atoms with E-state index in [0.29, 0.717) is 15.9 Å². The van der Waals surface area contributed by atoms with Crippen molar-refractivity contribution in [2.45, 2.75) is 11.2 Å². The molecule has 0 radical (unpaired) electrons. The highest BCUT2D eigenvalue weighted by molar-refractivity contribution is 8.00. The largest absolute Gasteiger partial charge is 0.478 e. The fraction of sp³-hybridized carbons (Fsp3) is 0.0870. The summed E-state index contributed by atoms with van der Waals surface area (Å²) in [6, 6.07) is 11.7. The summed E-state index contributed by atoms with van der Waals surface area (Å²) >= 11 is 2.12. The van der Waals surface area contributed by atoms with Crippen molar-refractivity contribution in [2.24, 2.45) is 0 Å². The Morgan fingerprint density at radius 3 is 2.47 bits per heavy atom. The topological polar surface area (TPSA) is 121 Å². The maximum atomic E-state index is 12.7. The molecule has 4 rings (SSSR count). The Hall–Kier alpha value is -3.97. The summed E-state index contributed by atoms with van der Waals surface area (Å²) in [6.45, 7) is 0. The van der Waals surface area contributed by atoms with Crippen molar-refractivity contribution in [2.75, 3.05) is 16.4 Å². The average molecular weight is 533 g/mol. The molecule has 0 bridgehead atoms. The molecule has 0 saturated carbocycles. The smallest absolute Gasteiger partial charge is 0.416 e. The van der Waals surface area contributed by atoms with Crippen LogP contribution in [0.4, 0.5) is 24.0 Å². The average Bonchev–Trinajstić information content (AvgIpc) is 3.24. The number of aromatic carboxylic acids is 1. The predicted molar refractivity (Wildman–Crippen MR) is 130 cm³/mol. The van der Waals surface area contributed by atoms with Crippen LogP contribution in [0.2, 0.25) is 0 Å². The normalized spacial score (nSPS) is 11.3. The molecule has 3 N–H and O–H groups in total. The zero-order valence-corrected chi connectivity index (χ0v) is 19.6. The molecule has 2 aromatic carbocycles. The number of carboxylic acid groups (broad SMARTS) is 1. The van der Waals surface area contributed by atoms with Crippen LogP contribution < -0.4 is 10.6 Å². The van der Waals surface area contributed by atoms with Gasteiger partial charge < -0.3 is 10.4 Å². The number of thiazole rings is 1. The van der Waals surface area contributed by atoms with Gasteiger partial charge in [-0.1, -0.05) is 23.1 Å². The van der Waals surface area contributed by atoms with E-state index in [4.69, 9.17) is 0 Å². The second kappa shape index (κ2) is 10.3. The fourth-order valence-corrected chi connectivity index (χ4v) is 4.72. The monoisotopic (exact) mass is 532 g/mol. The highest BCUT2D eigenvalue weighted by atomic mass is 32.2. The first-order chi connectivity index (χ1) is 17.1. The second-order valence-corrected chi connectivity index (χ2v) is 9.22. The van der Waals surface area contributed by atoms with Crippen molar-refractivity contribution in [3.63, 3.8) is 0 Å². The molecule has 0 atom stereocenters. The van der Waals surface area contributed by atoms with Crippen LogP contribution in [0.5, 0.6) is 0 Å². The van der Waals surface area contributed by atoms with Crippen LogP contribution in [0.15, 0.2) is 65.8 Å². The van der Waals surface area contributed by atoms with E-state index in [9.17, 15) is 32.7 Å². The molecular formula is C23H15F3N4O4S2. The van der Waals surface area contributed by atoms with Crippen LogP contribution in [-0.2, 0) is 11.0 Å². The number of thioether (sulfide) groups is 1. The molecule has 0 saturated heterocycles. The summed E-state index contributed by atoms with van der Waals surface area (Å²) in [5.41, 5.74) is 0.222. The third-order valence-electron chi connectivity index (χ3n) is 4.71. The molecule has 2 aromatic heterocycles. The molecule has 0 unspecified atom stereocenters. The Morgan fingerprint density at radius 1 is 1.03 bits per heavy atom. The number of anilines is 2. The molecule has 13 heteroatoms. The van der Waals surface area contributed by atoms with E-state index >= 15 is 0 Å². The highest BCUT2D eigenvalue weighted by Gasteiger charge is 2.30. The van der Waals surface area contributed by atoms with Gasteiger partial charge in [-0.3, -0.25) is 14.9 Å². The lowest BCUT2D eigenvalue weighted by molar-refractivity contribution is -0.137. The number of aromatic nitrogens is 2. The van der Waals surface area contributed by atoms with E-state index in [1.807, 2.05) is 0 Å². The van der Waals surface area contributed by atoms with Crippen molar-refractivity contribution in [3.05, 3.63) is 77.5 Å². The molecule has 0 spiro atoms. The number of amides is 2. The lowest BCUT2D eigenvalue weighted by Gasteiger charge is -2.07. The lowest BCUT2D eigenvalue weighted by Crippen LogP contribution is -2.14. The number of pyridine rings is 1. The van der Waals surface area contributed by atoms with E-state index in [-0.39, 0.29) is 32.9 Å². The zero-order chi connectivity index (χ0) is 25.9. The van der Waals surface area contributed by atoms with Crippen LogP contribution in [-0.4, -0.2) is 38.6 Å². The minimum Gasteiger partial charge on any atom is -0.478 e. The maximum Gasteiger partial charge on any atom is 0.416 e. The number of carbonyl (C=O) groups is 3. The van der Waals surface area contributed by atoms with Crippen LogP contribution in [0.25, 0.3) is 10.2 Å². The quantitative estimate of drug-likeness (QED) is 0.273. The number of benzene rings is 2. The van der Waals surface area contributed by atoms with Crippen molar-refractivity contribution >= 4 is 61.9 Å². The van der Waals surface area contributed by atoms with Gasteiger partial charge in [0.15, 0.2) is 5.13 Å². The van der Waals surface area contributed by atoms with Gasteiger partial charge in [-0.05, 0) is 54.6 Å². The number of carbonyl (C=O) groups excluding carboxylic acids is 2. The van der Waals surface area contributed by atoms with Crippen LogP contribution in [0, 0.1) is 0 Å². The molecule has 0 fully saturated rings. The number of hydrogen-bond donors (Lipinski definition) is 3. The van der Waals surface area contributed by atoms with Gasteiger partial charge in [0.1, 0.15) is 5.03 Å². The Kier molecular flexibility index (Phi) is 7.22. The minimum atomic E-state index is -4.49. The molecule has 0 aliphatic rings. The van der Waals surface area contributed by atoms with Gasteiger partial charge in [-0.25, -0.2) is 14.8 Å². The first-order valence-corrected chi connectivity index (χ1v) is 11.9. The van der Waals surface area contributed by atoms with Crippen molar-refractivity contribution < 1.29 is 32.7 Å². The molecule has 8 nitrogen and oxygen atoms in total. The van der Waals surface area contributed by atoms with Crippen molar-refractivity contribution in [1.29, 1.82) is 0 Å². The van der Waals surface area contributed by atoms with Gasteiger partial charge >= 0.3 is 12.1 Å². The van der Waals surface area contributed by atoms with Gasteiger partial charge in [-0.2, -0.15) is 13.2 Å². The van der Waals surface area contributed by atoms with E-state index in [2.05, 4.69) is 20.6 Å². The summed E-state index contributed by atoms with van der Waals surface area (Å²) in [4.78, 5) is 44.3. The number of nitrogens with one attached hydrogen (secondary N) is 2. The number of rotatable bonds is 7. The molecular weight excluding hydrogens is 517 g/mol. The summed E-state index contributed by atoms with van der Waals surface area (Å²) < 4.78 is 38.8. The summed E-state index contributed by atoms with van der Waals surface area (Å²) in [5.74, 6) is -2.18. The SMILES string of the molecule is O=C(CSc1ncccc1C(=O)O)Nc1ccc2nc(NC(=O)c3ccc(C(F)(F)F)cc3)sc2c1. The molecule has 2 heterocycles. The summed E-state index contributed by atoms with van der Waals surface area (Å²) in [6.07, 6.45) is -3.05. The van der Waals surface area contributed by atoms with Crippen molar-refractivity contribution in [1.82, 2.24) is 9.97 Å². The van der Waals surface area contributed by atoms with E-state index in [1.54, 1.807) is 18.2 Å². The highest BCUT2D eigenvalue weighted by Crippen LogP contribution is 2.31. The number of nitrogens with zero attached hydrogens (tertiary/aromatic N) is 2. The zero-order valence-electron chi connectivity index (χ0n) is 18.0. The molecule has 4 aromatic rings. The molecule has 0 aliphatic carbocycles. The number of halogens is 3. The Morgan fingerprint density at radius 2 is 1.78 bits per heavy atom. The molecule has 36 heavy (non-hydrogen) atoms. The lowest BCUT2D eigenvalue weighted by atomic mass is 10.1. The van der Waals surface area contributed by atoms with E-state index in [1.165, 1.54) is 18.3 Å². The van der Waals surface area contributed by atoms with Gasteiger partial charge in [0.05, 0.1) is 27.1 Å². The van der Waals surface area contributed by atoms with Crippen LogP contribution in [0.1, 0.15) is 26.3 Å². The van der Waals surface area contributed by atoms with Gasteiger partial charge in [0.2, 0.25) is 5.91 Å². The number of hydrogen-bond acceptors (Lipinski definition) is 7. The number of carboxylic acids is 1. The van der Waals surface area contributed by atoms with Gasteiger partial charge in [-0.15, -0.1) is 0 Å². The first kappa shape index (κ1) is 25.1. The molecule has 0 aliphatic heterocycles. The molecule has 184 valence electrons. The van der Waals surface area contributed by atoms with Gasteiger partial charge in [0.25, 0.3) is 5.91 Å². The van der Waals surface area contributed by atoms with Crippen molar-refractivity contribution in [3.8, 4) is 0 Å². The fourth-order valence-electron chi connectivity index (χ4n) is 3.04. The summed E-state index contributed by atoms with van der Waals surface area (Å²) in [7, 11) is 0. The Balaban J connectivity index is 1.39. The predicted octanol–water partition coefficient (Wildman–Crippen LogP) is 5.39. The molecule has 2 amide bonds. The standard InChI is InChI=1S/C23H15F3N4O4S2/c24-23(25,26)13-5-3-12(4-6-13)19(32)30-22-29-16-8-7-14(10-17(16)36-22)28-18(31)11-35-20-15(21(33)34)2-1-9-27-20/h1-10H,11H2,(H,28,31)(H,33,34)(H,29,30,32). The summed E-state index contributed by atoms with van der Waals surface area (Å²) in [5, 5.41) is 14.9. The van der Waals surface area contributed by atoms with E-state index < -0.39 is 23.6 Å². The van der Waals surface area contributed by atoms with Crippen LogP contribution >= 0.6 is 23.1 Å². The second-order valence-electron chi connectivity index (χ2n) is 7.23. The van der Waals surface area contributed by atoms with Gasteiger partial charge in [0, 0.05) is 17.4 Å². The number of fused-ring (bicyclic) bond motifs is 1.